The zero-order valence-electron chi connectivity index (χ0n) is 16.6. The van der Waals surface area contributed by atoms with E-state index < -0.39 is 0 Å². The molecule has 0 saturated carbocycles. The summed E-state index contributed by atoms with van der Waals surface area (Å²) in [7, 11) is 1.60. The van der Waals surface area contributed by atoms with Crippen molar-refractivity contribution in [2.75, 3.05) is 7.11 Å². The van der Waals surface area contributed by atoms with Crippen LogP contribution in [-0.2, 0) is 6.54 Å². The maximum atomic E-state index is 12.8. The number of nitrogens with one attached hydrogen (secondary N) is 2. The van der Waals surface area contributed by atoms with Gasteiger partial charge in [-0.1, -0.05) is 23.8 Å². The predicted molar refractivity (Wildman–Crippen MR) is 117 cm³/mol. The van der Waals surface area contributed by atoms with Crippen LogP contribution in [0.4, 0.5) is 0 Å². The van der Waals surface area contributed by atoms with Gasteiger partial charge in [0.2, 0.25) is 0 Å². The van der Waals surface area contributed by atoms with Crippen LogP contribution in [0, 0.1) is 11.7 Å². The van der Waals surface area contributed by atoms with Crippen LogP contribution in [0.25, 0.3) is 10.9 Å². The standard InChI is InChI=1S/C22H23N3O3S/c1-5-10-25-21(27)16-8-7-15(12-18(16)24-22(25)29)20(26)23-14(3)17-11-13(2)6-9-19(17)28-4/h5-9,11-12,14H,1,10H2,2-4H3,(H,23,26)(H,24,29). The maximum absolute atomic E-state index is 12.8. The Morgan fingerprint density at radius 2 is 2.10 bits per heavy atom. The largest absolute Gasteiger partial charge is 0.496 e. The number of fused-ring (bicyclic) bond motifs is 1. The second-order valence-electron chi connectivity index (χ2n) is 6.84. The van der Waals surface area contributed by atoms with Crippen LogP contribution >= 0.6 is 12.2 Å². The first-order chi connectivity index (χ1) is 13.8. The normalized spacial score (nSPS) is 11.8. The number of carbonyl (C=O) groups is 1. The summed E-state index contributed by atoms with van der Waals surface area (Å²) in [6.45, 7) is 7.85. The van der Waals surface area contributed by atoms with Gasteiger partial charge in [0, 0.05) is 17.7 Å². The number of aromatic amines is 1. The summed E-state index contributed by atoms with van der Waals surface area (Å²) in [4.78, 5) is 28.4. The van der Waals surface area contributed by atoms with Crippen molar-refractivity contribution in [1.29, 1.82) is 0 Å². The number of ether oxygens (including phenoxy) is 1. The number of aryl methyl sites for hydroxylation is 1. The SMILES string of the molecule is C=CCn1c(=S)[nH]c2cc(C(=O)NC(C)c3cc(C)ccc3OC)ccc2c1=O. The molecule has 0 aliphatic rings. The third-order valence-corrected chi connectivity index (χ3v) is 5.08. The number of hydrogen-bond donors (Lipinski definition) is 2. The predicted octanol–water partition coefficient (Wildman–Crippen LogP) is 4.05. The zero-order valence-corrected chi connectivity index (χ0v) is 17.4. The molecule has 1 unspecified atom stereocenters. The van der Waals surface area contributed by atoms with Gasteiger partial charge < -0.3 is 15.0 Å². The van der Waals surface area contributed by atoms with E-state index in [2.05, 4.69) is 16.9 Å². The summed E-state index contributed by atoms with van der Waals surface area (Å²) in [5, 5.41) is 3.45. The van der Waals surface area contributed by atoms with E-state index in [0.717, 1.165) is 11.1 Å². The smallest absolute Gasteiger partial charge is 0.262 e. The van der Waals surface area contributed by atoms with Crippen molar-refractivity contribution in [3.05, 3.63) is 80.9 Å². The number of H-pyrrole nitrogens is 1. The van der Waals surface area contributed by atoms with Crippen molar-refractivity contribution in [1.82, 2.24) is 14.9 Å². The Balaban J connectivity index is 1.93. The minimum absolute atomic E-state index is 0.214. The van der Waals surface area contributed by atoms with Gasteiger partial charge >= 0.3 is 0 Å². The summed E-state index contributed by atoms with van der Waals surface area (Å²) in [5.41, 5.74) is 2.72. The topological polar surface area (TPSA) is 76.1 Å². The van der Waals surface area contributed by atoms with Gasteiger partial charge in [-0.3, -0.25) is 14.2 Å². The molecule has 1 amide bonds. The number of aromatic nitrogens is 2. The number of carbonyl (C=O) groups excluding carboxylic acids is 1. The van der Waals surface area contributed by atoms with E-state index in [1.807, 2.05) is 32.0 Å². The van der Waals surface area contributed by atoms with Gasteiger partial charge in [0.25, 0.3) is 11.5 Å². The molecule has 3 rings (SSSR count). The van der Waals surface area contributed by atoms with Gasteiger partial charge in [-0.25, -0.2) is 0 Å². The zero-order chi connectivity index (χ0) is 21.1. The molecular formula is C22H23N3O3S. The Kier molecular flexibility index (Phi) is 5.98. The first-order valence-corrected chi connectivity index (χ1v) is 9.59. The van der Waals surface area contributed by atoms with Gasteiger partial charge in [-0.05, 0) is 50.3 Å². The lowest BCUT2D eigenvalue weighted by molar-refractivity contribution is 0.0939. The van der Waals surface area contributed by atoms with Crippen molar-refractivity contribution in [3.63, 3.8) is 0 Å². The fourth-order valence-corrected chi connectivity index (χ4v) is 3.51. The molecule has 0 saturated heterocycles. The summed E-state index contributed by atoms with van der Waals surface area (Å²) < 4.78 is 7.13. The molecule has 1 heterocycles. The fraction of sp³-hybridized carbons (Fsp3) is 0.227. The van der Waals surface area contributed by atoms with E-state index in [9.17, 15) is 9.59 Å². The molecule has 0 aliphatic heterocycles. The molecule has 6 nitrogen and oxygen atoms in total. The van der Waals surface area contributed by atoms with E-state index in [1.165, 1.54) is 4.57 Å². The number of methoxy groups -OCH3 is 1. The second kappa shape index (κ2) is 8.45. The van der Waals surface area contributed by atoms with Gasteiger partial charge in [0.05, 0.1) is 24.1 Å². The number of allylic oxidation sites excluding steroid dienone is 1. The molecule has 150 valence electrons. The third kappa shape index (κ3) is 4.14. The molecule has 0 radical (unpaired) electrons. The molecule has 3 aromatic rings. The number of nitrogens with zero attached hydrogens (tertiary/aromatic N) is 1. The monoisotopic (exact) mass is 409 g/mol. The van der Waals surface area contributed by atoms with Crippen LogP contribution in [0.5, 0.6) is 5.75 Å². The number of rotatable bonds is 6. The minimum Gasteiger partial charge on any atom is -0.496 e. The molecule has 2 N–H and O–H groups in total. The number of benzene rings is 2. The van der Waals surface area contributed by atoms with Gasteiger partial charge in [-0.2, -0.15) is 0 Å². The van der Waals surface area contributed by atoms with Crippen molar-refractivity contribution in [2.24, 2.45) is 0 Å². The molecule has 1 aromatic heterocycles. The van der Waals surface area contributed by atoms with E-state index >= 15 is 0 Å². The highest BCUT2D eigenvalue weighted by Gasteiger charge is 2.16. The average Bonchev–Trinajstić information content (AvgIpc) is 2.70. The molecule has 2 aromatic carbocycles. The molecule has 1 atom stereocenters. The number of amides is 1. The second-order valence-corrected chi connectivity index (χ2v) is 7.22. The highest BCUT2D eigenvalue weighted by atomic mass is 32.1. The molecule has 7 heteroatoms. The summed E-state index contributed by atoms with van der Waals surface area (Å²) in [5.74, 6) is 0.464. The Labute approximate surface area is 173 Å². The van der Waals surface area contributed by atoms with Gasteiger partial charge in [0.15, 0.2) is 4.77 Å². The van der Waals surface area contributed by atoms with Crippen molar-refractivity contribution in [3.8, 4) is 5.75 Å². The summed E-state index contributed by atoms with van der Waals surface area (Å²) >= 11 is 5.26. The lowest BCUT2D eigenvalue weighted by atomic mass is 10.0. The van der Waals surface area contributed by atoms with Gasteiger partial charge in [-0.15, -0.1) is 6.58 Å². The first-order valence-electron chi connectivity index (χ1n) is 9.19. The van der Waals surface area contributed by atoms with Crippen LogP contribution in [0.3, 0.4) is 0 Å². The van der Waals surface area contributed by atoms with Crippen molar-refractivity contribution >= 4 is 29.0 Å². The quantitative estimate of drug-likeness (QED) is 0.476. The number of hydrogen-bond acceptors (Lipinski definition) is 4. The van der Waals surface area contributed by atoms with Crippen LogP contribution in [-0.4, -0.2) is 22.6 Å². The minimum atomic E-state index is -0.257. The first kappa shape index (κ1) is 20.5. The Hall–Kier alpha value is -3.19. The molecule has 0 spiro atoms. The highest BCUT2D eigenvalue weighted by molar-refractivity contribution is 7.71. The van der Waals surface area contributed by atoms with Crippen LogP contribution in [0.2, 0.25) is 0 Å². The Bertz CT molecular complexity index is 1210. The fourth-order valence-electron chi connectivity index (χ4n) is 3.24. The molecule has 0 aliphatic carbocycles. The third-order valence-electron chi connectivity index (χ3n) is 4.76. The van der Waals surface area contributed by atoms with Crippen molar-refractivity contribution in [2.45, 2.75) is 26.4 Å². The maximum Gasteiger partial charge on any atom is 0.262 e. The van der Waals surface area contributed by atoms with E-state index in [0.29, 0.717) is 28.8 Å². The Morgan fingerprint density at radius 1 is 1.34 bits per heavy atom. The van der Waals surface area contributed by atoms with E-state index in [4.69, 9.17) is 17.0 Å². The summed E-state index contributed by atoms with van der Waals surface area (Å²) in [6.07, 6.45) is 1.61. The van der Waals surface area contributed by atoms with Crippen LogP contribution in [0.1, 0.15) is 34.5 Å². The van der Waals surface area contributed by atoms with Crippen LogP contribution < -0.4 is 15.6 Å². The molecule has 29 heavy (non-hydrogen) atoms. The lowest BCUT2D eigenvalue weighted by Gasteiger charge is -2.18. The Morgan fingerprint density at radius 3 is 2.79 bits per heavy atom. The van der Waals surface area contributed by atoms with E-state index in [-0.39, 0.29) is 22.3 Å². The lowest BCUT2D eigenvalue weighted by Crippen LogP contribution is -2.27. The molecular weight excluding hydrogens is 386 g/mol. The van der Waals surface area contributed by atoms with E-state index in [1.54, 1.807) is 31.4 Å². The summed E-state index contributed by atoms with van der Waals surface area (Å²) in [6, 6.07) is 10.5. The highest BCUT2D eigenvalue weighted by Crippen LogP contribution is 2.26. The van der Waals surface area contributed by atoms with Gasteiger partial charge in [0.1, 0.15) is 5.75 Å². The average molecular weight is 410 g/mol. The van der Waals surface area contributed by atoms with Crippen molar-refractivity contribution < 1.29 is 9.53 Å². The van der Waals surface area contributed by atoms with Crippen LogP contribution in [0.15, 0.2) is 53.8 Å². The molecule has 0 fully saturated rings. The molecule has 0 bridgehead atoms.